The fourth-order valence-corrected chi connectivity index (χ4v) is 1.82. The molecule has 0 aliphatic carbocycles. The minimum Gasteiger partial charge on any atom is -0.456 e. The zero-order chi connectivity index (χ0) is 14.8. The minimum absolute atomic E-state index is 0.0405. The Bertz CT molecular complexity index is 613. The first-order chi connectivity index (χ1) is 9.37. The van der Waals surface area contributed by atoms with E-state index < -0.39 is 17.4 Å². The van der Waals surface area contributed by atoms with Crippen LogP contribution in [0.1, 0.15) is 31.1 Å². The normalized spacial score (nSPS) is 11.2. The Labute approximate surface area is 118 Å². The molecule has 2 nitrogen and oxygen atoms in total. The first-order valence-corrected chi connectivity index (χ1v) is 6.45. The van der Waals surface area contributed by atoms with E-state index in [0.29, 0.717) is 0 Å². The minimum atomic E-state index is -0.647. The highest BCUT2D eigenvalue weighted by molar-refractivity contribution is 5.91. The first kappa shape index (κ1) is 14.3. The predicted octanol–water partition coefficient (Wildman–Crippen LogP) is 4.45. The van der Waals surface area contributed by atoms with Crippen LogP contribution in [0.2, 0.25) is 0 Å². The molecule has 2 rings (SSSR count). The van der Waals surface area contributed by atoms with E-state index in [1.54, 1.807) is 26.8 Å². The second-order valence-corrected chi connectivity index (χ2v) is 5.56. The fourth-order valence-electron chi connectivity index (χ4n) is 1.82. The highest BCUT2D eigenvalue weighted by Gasteiger charge is 2.21. The van der Waals surface area contributed by atoms with Gasteiger partial charge in [-0.05, 0) is 44.0 Å². The number of carbonyl (C=O) groups excluding carboxylic acids is 1. The molecule has 2 aromatic rings. The highest BCUT2D eigenvalue weighted by Crippen LogP contribution is 2.23. The van der Waals surface area contributed by atoms with Gasteiger partial charge < -0.3 is 4.74 Å². The molecule has 0 bridgehead atoms. The van der Waals surface area contributed by atoms with Gasteiger partial charge in [-0.25, -0.2) is 9.18 Å². The van der Waals surface area contributed by atoms with Gasteiger partial charge in [0, 0.05) is 0 Å². The average Bonchev–Trinajstić information content (AvgIpc) is 2.38. The molecule has 0 amide bonds. The number of esters is 1. The number of halogens is 1. The number of benzene rings is 2. The molecule has 0 heterocycles. The van der Waals surface area contributed by atoms with Crippen molar-refractivity contribution < 1.29 is 13.9 Å². The van der Waals surface area contributed by atoms with Crippen LogP contribution in [0.3, 0.4) is 0 Å². The van der Waals surface area contributed by atoms with Crippen LogP contribution in [-0.2, 0) is 4.74 Å². The van der Waals surface area contributed by atoms with Gasteiger partial charge in [-0.1, -0.05) is 36.4 Å². The largest absolute Gasteiger partial charge is 0.456 e. The van der Waals surface area contributed by atoms with Crippen molar-refractivity contribution in [2.24, 2.45) is 0 Å². The van der Waals surface area contributed by atoms with Gasteiger partial charge in [0.1, 0.15) is 11.4 Å². The lowest BCUT2D eigenvalue weighted by atomic mass is 10.0. The summed E-state index contributed by atoms with van der Waals surface area (Å²) in [5, 5.41) is 0. The molecule has 0 aliphatic heterocycles. The molecule has 2 aromatic carbocycles. The van der Waals surface area contributed by atoms with Crippen LogP contribution in [0.25, 0.3) is 11.1 Å². The van der Waals surface area contributed by atoms with Crippen LogP contribution in [0, 0.1) is 5.82 Å². The standard InChI is InChI=1S/C17H17FO2/c1-17(2,3)20-16(19)14-11-13(9-10-15(14)18)12-7-5-4-6-8-12/h4-11H,1-3H3. The molecule has 0 N–H and O–H groups in total. The Morgan fingerprint density at radius 3 is 2.25 bits per heavy atom. The van der Waals surface area contributed by atoms with Crippen LogP contribution >= 0.6 is 0 Å². The number of hydrogen-bond donors (Lipinski definition) is 0. The average molecular weight is 272 g/mol. The third-order valence-electron chi connectivity index (χ3n) is 2.69. The predicted molar refractivity (Wildman–Crippen MR) is 77.0 cm³/mol. The van der Waals surface area contributed by atoms with Crippen molar-refractivity contribution in [3.8, 4) is 11.1 Å². The Balaban J connectivity index is 2.37. The summed E-state index contributed by atoms with van der Waals surface area (Å²) in [7, 11) is 0. The third kappa shape index (κ3) is 3.44. The van der Waals surface area contributed by atoms with E-state index >= 15 is 0 Å². The monoisotopic (exact) mass is 272 g/mol. The SMILES string of the molecule is CC(C)(C)OC(=O)c1cc(-c2ccccc2)ccc1F. The lowest BCUT2D eigenvalue weighted by Crippen LogP contribution is -2.24. The molecular weight excluding hydrogens is 255 g/mol. The fraction of sp³-hybridized carbons (Fsp3) is 0.235. The molecule has 0 unspecified atom stereocenters. The van der Waals surface area contributed by atoms with Crippen molar-refractivity contribution in [2.75, 3.05) is 0 Å². The van der Waals surface area contributed by atoms with E-state index in [1.165, 1.54) is 12.1 Å². The summed E-state index contributed by atoms with van der Waals surface area (Å²) < 4.78 is 19.0. The van der Waals surface area contributed by atoms with Crippen LogP contribution in [0.5, 0.6) is 0 Å². The van der Waals surface area contributed by atoms with Gasteiger partial charge >= 0.3 is 5.97 Å². The van der Waals surface area contributed by atoms with Crippen molar-refractivity contribution in [1.29, 1.82) is 0 Å². The zero-order valence-corrected chi connectivity index (χ0v) is 11.8. The van der Waals surface area contributed by atoms with Crippen molar-refractivity contribution in [3.63, 3.8) is 0 Å². The topological polar surface area (TPSA) is 26.3 Å². The van der Waals surface area contributed by atoms with Crippen molar-refractivity contribution in [1.82, 2.24) is 0 Å². The van der Waals surface area contributed by atoms with E-state index in [-0.39, 0.29) is 5.56 Å². The number of rotatable bonds is 2. The maximum Gasteiger partial charge on any atom is 0.341 e. The molecule has 104 valence electrons. The molecule has 0 radical (unpaired) electrons. The van der Waals surface area contributed by atoms with Gasteiger partial charge in [0.05, 0.1) is 5.56 Å². The van der Waals surface area contributed by atoms with Crippen LogP contribution < -0.4 is 0 Å². The van der Waals surface area contributed by atoms with Crippen molar-refractivity contribution in [2.45, 2.75) is 26.4 Å². The van der Waals surface area contributed by atoms with Gasteiger partial charge in [-0.15, -0.1) is 0 Å². The van der Waals surface area contributed by atoms with Gasteiger partial charge in [0.2, 0.25) is 0 Å². The summed E-state index contributed by atoms with van der Waals surface area (Å²) in [5.74, 6) is -1.22. The zero-order valence-electron chi connectivity index (χ0n) is 11.8. The van der Waals surface area contributed by atoms with Gasteiger partial charge in [0.15, 0.2) is 0 Å². The molecule has 0 saturated carbocycles. The van der Waals surface area contributed by atoms with Gasteiger partial charge in [-0.2, -0.15) is 0 Å². The van der Waals surface area contributed by atoms with E-state index in [0.717, 1.165) is 11.1 Å². The van der Waals surface area contributed by atoms with Crippen molar-refractivity contribution >= 4 is 5.97 Å². The Kier molecular flexibility index (Phi) is 3.89. The summed E-state index contributed by atoms with van der Waals surface area (Å²) in [6, 6.07) is 14.0. The first-order valence-electron chi connectivity index (χ1n) is 6.45. The maximum atomic E-state index is 13.8. The molecule has 0 saturated heterocycles. The summed E-state index contributed by atoms with van der Waals surface area (Å²) >= 11 is 0. The summed E-state index contributed by atoms with van der Waals surface area (Å²) in [4.78, 5) is 12.0. The molecule has 0 spiro atoms. The summed E-state index contributed by atoms with van der Waals surface area (Å²) in [5.41, 5.74) is 1.03. The molecule has 0 aromatic heterocycles. The molecule has 0 aliphatic rings. The summed E-state index contributed by atoms with van der Waals surface area (Å²) in [6.45, 7) is 5.26. The van der Waals surface area contributed by atoms with E-state index in [2.05, 4.69) is 0 Å². The Morgan fingerprint density at radius 2 is 1.65 bits per heavy atom. The van der Waals surface area contributed by atoms with Crippen LogP contribution in [-0.4, -0.2) is 11.6 Å². The number of hydrogen-bond acceptors (Lipinski definition) is 2. The van der Waals surface area contributed by atoms with Gasteiger partial charge in [0.25, 0.3) is 0 Å². The van der Waals surface area contributed by atoms with Gasteiger partial charge in [-0.3, -0.25) is 0 Å². The second-order valence-electron chi connectivity index (χ2n) is 5.56. The highest BCUT2D eigenvalue weighted by atomic mass is 19.1. The maximum absolute atomic E-state index is 13.8. The number of ether oxygens (including phenoxy) is 1. The Morgan fingerprint density at radius 1 is 1.00 bits per heavy atom. The summed E-state index contributed by atoms with van der Waals surface area (Å²) in [6.07, 6.45) is 0. The van der Waals surface area contributed by atoms with E-state index in [9.17, 15) is 9.18 Å². The van der Waals surface area contributed by atoms with E-state index in [1.807, 2.05) is 30.3 Å². The van der Waals surface area contributed by atoms with Crippen LogP contribution in [0.4, 0.5) is 4.39 Å². The van der Waals surface area contributed by atoms with Crippen molar-refractivity contribution in [3.05, 3.63) is 59.9 Å². The number of carbonyl (C=O) groups is 1. The third-order valence-corrected chi connectivity index (χ3v) is 2.69. The smallest absolute Gasteiger partial charge is 0.341 e. The molecular formula is C17H17FO2. The quantitative estimate of drug-likeness (QED) is 0.755. The van der Waals surface area contributed by atoms with E-state index in [4.69, 9.17) is 4.74 Å². The molecule has 3 heteroatoms. The molecule has 0 atom stereocenters. The molecule has 0 fully saturated rings. The lowest BCUT2D eigenvalue weighted by Gasteiger charge is -2.19. The Hall–Kier alpha value is -2.16. The molecule has 20 heavy (non-hydrogen) atoms. The van der Waals surface area contributed by atoms with Crippen LogP contribution in [0.15, 0.2) is 48.5 Å². The lowest BCUT2D eigenvalue weighted by molar-refractivity contribution is 0.00648. The second kappa shape index (κ2) is 5.45.